The standard InChI is InChI=1S/C8H14O4Se2/c9-7(10)3-1-5-13-14-6-2-4-8(11)12/h1-6H2,(H,9,10)(H,11,12). The molecule has 0 aliphatic rings. The van der Waals surface area contributed by atoms with E-state index in [0.717, 1.165) is 23.5 Å². The first-order chi connectivity index (χ1) is 6.63. The molecule has 0 radical (unpaired) electrons. The van der Waals surface area contributed by atoms with Gasteiger partial charge in [0.1, 0.15) is 0 Å². The fourth-order valence-corrected chi connectivity index (χ4v) is 7.42. The van der Waals surface area contributed by atoms with Gasteiger partial charge in [0.25, 0.3) is 0 Å². The summed E-state index contributed by atoms with van der Waals surface area (Å²) >= 11 is 1.11. The Morgan fingerprint density at radius 2 is 1.21 bits per heavy atom. The summed E-state index contributed by atoms with van der Waals surface area (Å²) in [5.74, 6) is -1.45. The topological polar surface area (TPSA) is 74.6 Å². The van der Waals surface area contributed by atoms with Crippen molar-refractivity contribution in [3.63, 3.8) is 0 Å². The molecule has 0 saturated heterocycles. The van der Waals surface area contributed by atoms with Gasteiger partial charge in [-0.2, -0.15) is 0 Å². The van der Waals surface area contributed by atoms with Crippen molar-refractivity contribution >= 4 is 38.2 Å². The Balaban J connectivity index is 2.99. The van der Waals surface area contributed by atoms with Gasteiger partial charge in [0.05, 0.1) is 0 Å². The van der Waals surface area contributed by atoms with Crippen molar-refractivity contribution in [3.05, 3.63) is 0 Å². The van der Waals surface area contributed by atoms with Crippen LogP contribution in [-0.2, 0) is 9.59 Å². The third-order valence-electron chi connectivity index (χ3n) is 1.32. The fourth-order valence-electron chi connectivity index (χ4n) is 0.682. The van der Waals surface area contributed by atoms with Crippen molar-refractivity contribution in [1.82, 2.24) is 0 Å². The normalized spacial score (nSPS) is 10.0. The van der Waals surface area contributed by atoms with Crippen molar-refractivity contribution < 1.29 is 19.8 Å². The van der Waals surface area contributed by atoms with E-state index in [-0.39, 0.29) is 12.8 Å². The fraction of sp³-hybridized carbons (Fsp3) is 0.750. The molecule has 2 N–H and O–H groups in total. The summed E-state index contributed by atoms with van der Waals surface area (Å²) in [6.07, 6.45) is 2.09. The van der Waals surface area contributed by atoms with Gasteiger partial charge >= 0.3 is 94.3 Å². The van der Waals surface area contributed by atoms with E-state index in [1.165, 1.54) is 0 Å². The van der Waals surface area contributed by atoms with E-state index in [0.29, 0.717) is 26.3 Å². The van der Waals surface area contributed by atoms with E-state index >= 15 is 0 Å². The van der Waals surface area contributed by atoms with Crippen LogP contribution in [0.2, 0.25) is 10.6 Å². The Hall–Kier alpha value is -0.0210. The predicted molar refractivity (Wildman–Crippen MR) is 54.9 cm³/mol. The molecule has 0 aliphatic carbocycles. The zero-order valence-corrected chi connectivity index (χ0v) is 11.2. The van der Waals surface area contributed by atoms with Gasteiger partial charge in [-0.25, -0.2) is 0 Å². The molecule has 0 unspecified atom stereocenters. The molecule has 4 nitrogen and oxygen atoms in total. The molecule has 0 saturated carbocycles. The summed E-state index contributed by atoms with van der Waals surface area (Å²) in [7, 11) is 0. The van der Waals surface area contributed by atoms with Gasteiger partial charge in [-0.3, -0.25) is 0 Å². The molecule has 0 fully saturated rings. The van der Waals surface area contributed by atoms with Crippen molar-refractivity contribution in [2.45, 2.75) is 36.3 Å². The van der Waals surface area contributed by atoms with Crippen LogP contribution < -0.4 is 0 Å². The Morgan fingerprint density at radius 1 is 0.857 bits per heavy atom. The molecule has 0 atom stereocenters. The van der Waals surface area contributed by atoms with Crippen LogP contribution in [0.5, 0.6) is 0 Å². The predicted octanol–water partition coefficient (Wildman–Crippen LogP) is 0.876. The maximum absolute atomic E-state index is 10.2. The second-order valence-corrected chi connectivity index (χ2v) is 10.5. The summed E-state index contributed by atoms with van der Waals surface area (Å²) in [6.45, 7) is 0. The second-order valence-electron chi connectivity index (χ2n) is 2.64. The molecule has 0 heterocycles. The summed E-state index contributed by atoms with van der Waals surface area (Å²) in [6, 6.07) is 0. The van der Waals surface area contributed by atoms with Crippen LogP contribution in [0.25, 0.3) is 0 Å². The van der Waals surface area contributed by atoms with Crippen molar-refractivity contribution in [3.8, 4) is 0 Å². The Labute approximate surface area is 94.3 Å². The van der Waals surface area contributed by atoms with E-state index in [1.54, 1.807) is 0 Å². The molecule has 82 valence electrons. The Kier molecular flexibility index (Phi) is 9.52. The Morgan fingerprint density at radius 3 is 1.50 bits per heavy atom. The average Bonchev–Trinajstić information content (AvgIpc) is 2.08. The van der Waals surface area contributed by atoms with Crippen molar-refractivity contribution in [1.29, 1.82) is 0 Å². The van der Waals surface area contributed by atoms with Gasteiger partial charge in [0, 0.05) is 0 Å². The van der Waals surface area contributed by atoms with Crippen molar-refractivity contribution in [2.75, 3.05) is 0 Å². The number of aliphatic carboxylic acids is 2. The van der Waals surface area contributed by atoms with Gasteiger partial charge in [-0.15, -0.1) is 0 Å². The van der Waals surface area contributed by atoms with Gasteiger partial charge in [0.15, 0.2) is 0 Å². The van der Waals surface area contributed by atoms with E-state index in [2.05, 4.69) is 0 Å². The van der Waals surface area contributed by atoms with E-state index in [4.69, 9.17) is 10.2 Å². The van der Waals surface area contributed by atoms with Crippen LogP contribution >= 0.6 is 0 Å². The molecule has 0 aromatic heterocycles. The molecule has 6 heteroatoms. The van der Waals surface area contributed by atoms with Gasteiger partial charge in [0.2, 0.25) is 0 Å². The van der Waals surface area contributed by atoms with Crippen LogP contribution in [0.1, 0.15) is 25.7 Å². The van der Waals surface area contributed by atoms with Crippen LogP contribution in [0, 0.1) is 0 Å². The van der Waals surface area contributed by atoms with Gasteiger partial charge in [-0.1, -0.05) is 0 Å². The zero-order valence-electron chi connectivity index (χ0n) is 7.77. The van der Waals surface area contributed by atoms with Crippen LogP contribution in [-0.4, -0.2) is 48.4 Å². The average molecular weight is 332 g/mol. The van der Waals surface area contributed by atoms with Crippen LogP contribution in [0.3, 0.4) is 0 Å². The molecule has 14 heavy (non-hydrogen) atoms. The molecular formula is C8H14O4Se2. The second kappa shape index (κ2) is 9.53. The first-order valence-electron chi connectivity index (χ1n) is 4.31. The van der Waals surface area contributed by atoms with E-state index in [1.807, 2.05) is 0 Å². The van der Waals surface area contributed by atoms with Crippen LogP contribution in [0.15, 0.2) is 0 Å². The monoisotopic (exact) mass is 334 g/mol. The number of carboxylic acids is 2. The summed E-state index contributed by atoms with van der Waals surface area (Å²) in [5.41, 5.74) is 0. The quantitative estimate of drug-likeness (QED) is 0.486. The SMILES string of the molecule is O=C(O)CCC[Se][Se]CCCC(=O)O. The number of hydrogen-bond acceptors (Lipinski definition) is 2. The number of carbonyl (C=O) groups is 2. The first kappa shape index (κ1) is 14.0. The number of carboxylic acid groups (broad SMARTS) is 2. The number of hydrogen-bond donors (Lipinski definition) is 2. The minimum atomic E-state index is -0.723. The van der Waals surface area contributed by atoms with Gasteiger partial charge < -0.3 is 0 Å². The Bertz CT molecular complexity index is 164. The molecule has 0 rings (SSSR count). The molecule has 0 amide bonds. The third-order valence-corrected chi connectivity index (χ3v) is 9.03. The summed E-state index contributed by atoms with van der Waals surface area (Å²) in [5, 5.41) is 18.8. The van der Waals surface area contributed by atoms with E-state index in [9.17, 15) is 9.59 Å². The molecule has 0 spiro atoms. The molecule has 0 aliphatic heterocycles. The zero-order chi connectivity index (χ0) is 10.8. The molecular weight excluding hydrogens is 318 g/mol. The van der Waals surface area contributed by atoms with Gasteiger partial charge in [-0.05, 0) is 0 Å². The summed E-state index contributed by atoms with van der Waals surface area (Å²) in [4.78, 5) is 20.3. The number of rotatable bonds is 9. The first-order valence-corrected chi connectivity index (χ1v) is 11.1. The minimum absolute atomic E-state index is 0.271. The van der Waals surface area contributed by atoms with Crippen molar-refractivity contribution in [2.24, 2.45) is 0 Å². The van der Waals surface area contributed by atoms with E-state index < -0.39 is 11.9 Å². The van der Waals surface area contributed by atoms with Crippen LogP contribution in [0.4, 0.5) is 0 Å². The molecule has 0 aromatic carbocycles. The third kappa shape index (κ3) is 12.0. The molecule has 0 aromatic rings. The maximum atomic E-state index is 10.2. The molecule has 0 bridgehead atoms. The summed E-state index contributed by atoms with van der Waals surface area (Å²) < 4.78 is 0.